The molecule has 3 aromatic rings. The van der Waals surface area contributed by atoms with E-state index < -0.39 is 11.9 Å². The predicted octanol–water partition coefficient (Wildman–Crippen LogP) is 7.07. The van der Waals surface area contributed by atoms with Crippen molar-refractivity contribution in [2.75, 3.05) is 0 Å². The second kappa shape index (κ2) is 7.70. The number of hydrogen-bond donors (Lipinski definition) is 0. The van der Waals surface area contributed by atoms with Gasteiger partial charge in [-0.2, -0.15) is 8.78 Å². The van der Waals surface area contributed by atoms with Gasteiger partial charge >= 0.3 is 6.11 Å². The van der Waals surface area contributed by atoms with Crippen LogP contribution in [0.1, 0.15) is 42.7 Å². The topological polar surface area (TPSA) is 9.23 Å². The lowest BCUT2D eigenvalue weighted by Gasteiger charge is -2.16. The first-order valence-electron chi connectivity index (χ1n) is 8.81. The Hall–Kier alpha value is -2.01. The number of fused-ring (bicyclic) bond motifs is 1. The van der Waals surface area contributed by atoms with Crippen molar-refractivity contribution >= 4 is 21.4 Å². The third kappa shape index (κ3) is 3.88. The molecule has 2 aromatic carbocycles. The Morgan fingerprint density at radius 2 is 1.65 bits per heavy atom. The van der Waals surface area contributed by atoms with Crippen LogP contribution in [-0.2, 0) is 19.0 Å². The summed E-state index contributed by atoms with van der Waals surface area (Å²) >= 11 is 0.751. The number of benzene rings is 2. The Kier molecular flexibility index (Phi) is 5.56. The van der Waals surface area contributed by atoms with Crippen LogP contribution in [0.15, 0.2) is 42.5 Å². The quantitative estimate of drug-likeness (QED) is 0.427. The van der Waals surface area contributed by atoms with Crippen LogP contribution < -0.4 is 4.74 Å². The van der Waals surface area contributed by atoms with Crippen LogP contribution in [0.3, 0.4) is 0 Å². The highest BCUT2D eigenvalue weighted by atomic mass is 32.1. The molecule has 0 spiro atoms. The van der Waals surface area contributed by atoms with Gasteiger partial charge < -0.3 is 4.74 Å². The number of halogens is 3. The van der Waals surface area contributed by atoms with E-state index in [9.17, 15) is 13.2 Å². The SMILES string of the molecule is CCCc1ccc(OC(F)(F)c2cc3ccc(CCC)c(F)c3s2)cc1. The van der Waals surface area contributed by atoms with Gasteiger partial charge in [0.2, 0.25) is 0 Å². The van der Waals surface area contributed by atoms with Gasteiger partial charge in [-0.3, -0.25) is 0 Å². The van der Waals surface area contributed by atoms with Crippen LogP contribution in [0.2, 0.25) is 0 Å². The van der Waals surface area contributed by atoms with Gasteiger partial charge in [0.1, 0.15) is 16.4 Å². The zero-order valence-electron chi connectivity index (χ0n) is 14.8. The molecule has 0 saturated carbocycles. The minimum Gasteiger partial charge on any atom is -0.428 e. The number of alkyl halides is 2. The van der Waals surface area contributed by atoms with Crippen LogP contribution in [0.4, 0.5) is 13.2 Å². The second-order valence-corrected chi connectivity index (χ2v) is 7.38. The highest BCUT2D eigenvalue weighted by molar-refractivity contribution is 7.19. The molecule has 0 aliphatic rings. The number of rotatable bonds is 7. The highest BCUT2D eigenvalue weighted by Gasteiger charge is 2.37. The van der Waals surface area contributed by atoms with Gasteiger partial charge in [0.15, 0.2) is 0 Å². The van der Waals surface area contributed by atoms with Crippen molar-refractivity contribution in [2.24, 2.45) is 0 Å². The van der Waals surface area contributed by atoms with Crippen molar-refractivity contribution in [1.82, 2.24) is 0 Å². The standard InChI is InChI=1S/C21H21F3OS/c1-3-5-14-7-11-17(12-8-14)25-21(23,24)18-13-16-10-9-15(6-4-2)19(22)20(16)26-18/h7-13H,3-6H2,1-2H3. The number of ether oxygens (including phenoxy) is 1. The van der Waals surface area contributed by atoms with Crippen LogP contribution in [0.25, 0.3) is 10.1 Å². The maximum absolute atomic E-state index is 14.6. The van der Waals surface area contributed by atoms with E-state index in [0.29, 0.717) is 17.4 Å². The summed E-state index contributed by atoms with van der Waals surface area (Å²) in [5, 5.41) is 0.476. The fourth-order valence-electron chi connectivity index (χ4n) is 2.93. The van der Waals surface area contributed by atoms with Crippen molar-refractivity contribution in [1.29, 1.82) is 0 Å². The fraction of sp³-hybridized carbons (Fsp3) is 0.333. The van der Waals surface area contributed by atoms with Gasteiger partial charge in [-0.15, -0.1) is 11.3 Å². The van der Waals surface area contributed by atoms with E-state index in [2.05, 4.69) is 6.92 Å². The molecule has 0 fully saturated rings. The van der Waals surface area contributed by atoms with Crippen LogP contribution in [-0.4, -0.2) is 0 Å². The molecule has 1 aromatic heterocycles. The Labute approximate surface area is 155 Å². The first kappa shape index (κ1) is 18.8. The minimum atomic E-state index is -3.51. The average Bonchev–Trinajstić information content (AvgIpc) is 3.05. The first-order valence-corrected chi connectivity index (χ1v) is 9.63. The summed E-state index contributed by atoms with van der Waals surface area (Å²) in [7, 11) is 0. The smallest absolute Gasteiger partial charge is 0.428 e. The number of hydrogen-bond acceptors (Lipinski definition) is 2. The van der Waals surface area contributed by atoms with Gasteiger partial charge in [0.25, 0.3) is 0 Å². The molecule has 1 nitrogen and oxygen atoms in total. The molecule has 5 heteroatoms. The van der Waals surface area contributed by atoms with Gasteiger partial charge in [-0.1, -0.05) is 51.0 Å². The normalized spacial score (nSPS) is 11.9. The van der Waals surface area contributed by atoms with Gasteiger partial charge in [0, 0.05) is 0 Å². The number of aryl methyl sites for hydroxylation is 2. The van der Waals surface area contributed by atoms with Crippen molar-refractivity contribution in [2.45, 2.75) is 45.6 Å². The van der Waals surface area contributed by atoms with E-state index in [1.807, 2.05) is 6.92 Å². The minimum absolute atomic E-state index is 0.0967. The van der Waals surface area contributed by atoms with Gasteiger partial charge in [-0.05, 0) is 47.6 Å². The zero-order valence-corrected chi connectivity index (χ0v) is 15.6. The fourth-order valence-corrected chi connectivity index (χ4v) is 3.96. The molecule has 3 rings (SSSR count). The molecule has 0 radical (unpaired) electrons. The molecular formula is C21H21F3OS. The maximum Gasteiger partial charge on any atom is 0.436 e. The summed E-state index contributed by atoms with van der Waals surface area (Å²) in [5.74, 6) is -0.306. The molecule has 0 bridgehead atoms. The number of thiophene rings is 1. The molecule has 26 heavy (non-hydrogen) atoms. The van der Waals surface area contributed by atoms with Crippen LogP contribution in [0, 0.1) is 5.82 Å². The molecule has 0 amide bonds. The summed E-state index contributed by atoms with van der Waals surface area (Å²) in [6, 6.07) is 11.3. The lowest BCUT2D eigenvalue weighted by atomic mass is 10.1. The summed E-state index contributed by atoms with van der Waals surface area (Å²) in [6.45, 7) is 4.02. The lowest BCUT2D eigenvalue weighted by Crippen LogP contribution is -2.20. The monoisotopic (exact) mass is 378 g/mol. The van der Waals surface area contributed by atoms with E-state index in [1.54, 1.807) is 36.4 Å². The predicted molar refractivity (Wildman–Crippen MR) is 101 cm³/mol. The first-order chi connectivity index (χ1) is 12.4. The molecule has 0 aliphatic carbocycles. The van der Waals surface area contributed by atoms with E-state index >= 15 is 0 Å². The molecule has 0 atom stereocenters. The van der Waals surface area contributed by atoms with Gasteiger partial charge in [0.05, 0.1) is 4.70 Å². The Morgan fingerprint density at radius 1 is 0.962 bits per heavy atom. The van der Waals surface area contributed by atoms with Gasteiger partial charge in [-0.25, -0.2) is 4.39 Å². The summed E-state index contributed by atoms with van der Waals surface area (Å²) < 4.78 is 48.9. The van der Waals surface area contributed by atoms with Crippen molar-refractivity contribution in [3.63, 3.8) is 0 Å². The lowest BCUT2D eigenvalue weighted by molar-refractivity contribution is -0.182. The highest BCUT2D eigenvalue weighted by Crippen LogP contribution is 2.40. The Bertz CT molecular complexity index is 884. The maximum atomic E-state index is 14.6. The van der Waals surface area contributed by atoms with E-state index in [-0.39, 0.29) is 15.3 Å². The van der Waals surface area contributed by atoms with Crippen LogP contribution in [0.5, 0.6) is 5.75 Å². The summed E-state index contributed by atoms with van der Waals surface area (Å²) in [4.78, 5) is -0.294. The molecule has 138 valence electrons. The van der Waals surface area contributed by atoms with Crippen LogP contribution >= 0.6 is 11.3 Å². The average molecular weight is 378 g/mol. The van der Waals surface area contributed by atoms with E-state index in [0.717, 1.165) is 36.2 Å². The third-order valence-corrected chi connectivity index (χ3v) is 5.41. The van der Waals surface area contributed by atoms with E-state index in [4.69, 9.17) is 4.74 Å². The Morgan fingerprint density at radius 3 is 2.31 bits per heavy atom. The second-order valence-electron chi connectivity index (χ2n) is 6.33. The van der Waals surface area contributed by atoms with E-state index in [1.165, 1.54) is 6.07 Å². The molecular weight excluding hydrogens is 357 g/mol. The Balaban J connectivity index is 1.87. The largest absolute Gasteiger partial charge is 0.436 e. The van der Waals surface area contributed by atoms with Crippen molar-refractivity contribution in [3.05, 3.63) is 64.3 Å². The third-order valence-electron chi connectivity index (χ3n) is 4.22. The molecule has 0 N–H and O–H groups in total. The molecule has 0 saturated heterocycles. The molecule has 0 unspecified atom stereocenters. The van der Waals surface area contributed by atoms with Crippen molar-refractivity contribution in [3.8, 4) is 5.75 Å². The summed E-state index contributed by atoms with van der Waals surface area (Å²) in [5.41, 5.74) is 1.64. The van der Waals surface area contributed by atoms with Crippen molar-refractivity contribution < 1.29 is 17.9 Å². The zero-order chi connectivity index (χ0) is 18.7. The molecule has 0 aliphatic heterocycles. The molecule has 1 heterocycles. The summed E-state index contributed by atoms with van der Waals surface area (Å²) in [6.07, 6.45) is -0.233.